The number of carbonyl (C=O) groups excluding carboxylic acids is 2. The summed E-state index contributed by atoms with van der Waals surface area (Å²) < 4.78 is 11.3. The lowest BCUT2D eigenvalue weighted by atomic mass is 9.65. The van der Waals surface area contributed by atoms with E-state index in [1.54, 1.807) is 0 Å². The van der Waals surface area contributed by atoms with Crippen LogP contribution in [0.2, 0.25) is 0 Å². The third-order valence-electron chi connectivity index (χ3n) is 6.94. The summed E-state index contributed by atoms with van der Waals surface area (Å²) in [7, 11) is 0. The zero-order valence-electron chi connectivity index (χ0n) is 23.1. The molecule has 0 saturated heterocycles. The molecule has 188 valence electrons. The van der Waals surface area contributed by atoms with Crippen molar-refractivity contribution in [3.63, 3.8) is 0 Å². The van der Waals surface area contributed by atoms with Crippen molar-refractivity contribution in [2.45, 2.75) is 100 Å². The standard InChI is InChI=1S/C30H44O4/c1-12-13-23(24-16-25(30(9,10)11)26(14-18(24)4)33-21(7)31)29-19(5)15-27(34-22(8)32)28(17(2)3)20(29)6/h14-17,20,23,29H,12-13H2,1-11H3. The second-order valence-electron chi connectivity index (χ2n) is 11.2. The van der Waals surface area contributed by atoms with Crippen LogP contribution in [0.3, 0.4) is 0 Å². The van der Waals surface area contributed by atoms with Gasteiger partial charge in [-0.3, -0.25) is 9.59 Å². The number of ether oxygens (including phenoxy) is 2. The highest BCUT2D eigenvalue weighted by molar-refractivity contribution is 5.70. The van der Waals surface area contributed by atoms with E-state index in [1.807, 2.05) is 6.07 Å². The van der Waals surface area contributed by atoms with Crippen LogP contribution in [0.5, 0.6) is 5.75 Å². The molecule has 34 heavy (non-hydrogen) atoms. The van der Waals surface area contributed by atoms with Gasteiger partial charge in [0.1, 0.15) is 11.5 Å². The molecule has 1 aliphatic rings. The van der Waals surface area contributed by atoms with Crippen LogP contribution >= 0.6 is 0 Å². The Morgan fingerprint density at radius 2 is 1.62 bits per heavy atom. The monoisotopic (exact) mass is 468 g/mol. The number of benzene rings is 1. The third-order valence-corrected chi connectivity index (χ3v) is 6.94. The Hall–Kier alpha value is -2.36. The Morgan fingerprint density at radius 1 is 1.03 bits per heavy atom. The van der Waals surface area contributed by atoms with E-state index in [0.717, 1.165) is 29.7 Å². The molecule has 0 radical (unpaired) electrons. The molecular formula is C30H44O4. The van der Waals surface area contributed by atoms with E-state index in [0.29, 0.717) is 17.6 Å². The van der Waals surface area contributed by atoms with Gasteiger partial charge >= 0.3 is 11.9 Å². The summed E-state index contributed by atoms with van der Waals surface area (Å²) >= 11 is 0. The average molecular weight is 469 g/mol. The van der Waals surface area contributed by atoms with E-state index in [4.69, 9.17) is 9.47 Å². The summed E-state index contributed by atoms with van der Waals surface area (Å²) in [6, 6.07) is 4.31. The molecule has 0 bridgehead atoms. The molecule has 0 saturated carbocycles. The second-order valence-corrected chi connectivity index (χ2v) is 11.2. The number of aryl methyl sites for hydroxylation is 1. The molecule has 0 aliphatic heterocycles. The fourth-order valence-electron chi connectivity index (χ4n) is 5.68. The van der Waals surface area contributed by atoms with E-state index in [9.17, 15) is 9.59 Å². The molecule has 3 atom stereocenters. The van der Waals surface area contributed by atoms with Gasteiger partial charge in [0.25, 0.3) is 0 Å². The smallest absolute Gasteiger partial charge is 0.308 e. The van der Waals surface area contributed by atoms with Crippen molar-refractivity contribution in [2.24, 2.45) is 17.8 Å². The molecule has 1 aliphatic carbocycles. The van der Waals surface area contributed by atoms with Gasteiger partial charge in [-0.25, -0.2) is 0 Å². The number of allylic oxidation sites excluding steroid dienone is 3. The Bertz CT molecular complexity index is 988. The summed E-state index contributed by atoms with van der Waals surface area (Å²) in [6.45, 7) is 22.5. The molecule has 1 aromatic carbocycles. The number of hydrogen-bond acceptors (Lipinski definition) is 4. The minimum absolute atomic E-state index is 0.168. The minimum atomic E-state index is -0.299. The van der Waals surface area contributed by atoms with E-state index in [1.165, 1.54) is 30.6 Å². The summed E-state index contributed by atoms with van der Waals surface area (Å²) in [5.41, 5.74) is 5.78. The van der Waals surface area contributed by atoms with Gasteiger partial charge in [0.15, 0.2) is 0 Å². The maximum Gasteiger partial charge on any atom is 0.308 e. The summed E-state index contributed by atoms with van der Waals surface area (Å²) in [5, 5.41) is 0. The molecule has 4 nitrogen and oxygen atoms in total. The maximum absolute atomic E-state index is 11.8. The first-order chi connectivity index (χ1) is 15.7. The van der Waals surface area contributed by atoms with Crippen LogP contribution < -0.4 is 4.74 Å². The molecule has 0 heterocycles. The third kappa shape index (κ3) is 6.20. The topological polar surface area (TPSA) is 52.6 Å². The van der Waals surface area contributed by atoms with Gasteiger partial charge in [0.05, 0.1) is 0 Å². The van der Waals surface area contributed by atoms with Gasteiger partial charge in [-0.2, -0.15) is 0 Å². The first kappa shape index (κ1) is 27.9. The Balaban J connectivity index is 2.69. The van der Waals surface area contributed by atoms with E-state index >= 15 is 0 Å². The van der Waals surface area contributed by atoms with Crippen LogP contribution in [0, 0.1) is 24.7 Å². The largest absolute Gasteiger partial charge is 0.427 e. The Labute approximate surface area is 206 Å². The zero-order valence-corrected chi connectivity index (χ0v) is 23.1. The highest BCUT2D eigenvalue weighted by Gasteiger charge is 2.37. The number of rotatable bonds is 7. The van der Waals surface area contributed by atoms with Gasteiger partial charge < -0.3 is 9.47 Å². The van der Waals surface area contributed by atoms with Crippen LogP contribution in [0.1, 0.15) is 105 Å². The van der Waals surface area contributed by atoms with Crippen molar-refractivity contribution < 1.29 is 19.1 Å². The van der Waals surface area contributed by atoms with Crippen molar-refractivity contribution >= 4 is 11.9 Å². The summed E-state index contributed by atoms with van der Waals surface area (Å²) in [5.74, 6) is 1.90. The Morgan fingerprint density at radius 3 is 2.09 bits per heavy atom. The quantitative estimate of drug-likeness (QED) is 0.303. The van der Waals surface area contributed by atoms with Crippen molar-refractivity contribution in [3.05, 3.63) is 51.8 Å². The highest BCUT2D eigenvalue weighted by atomic mass is 16.5. The van der Waals surface area contributed by atoms with Gasteiger partial charge in [-0.1, -0.05) is 66.5 Å². The molecule has 4 heteroatoms. The predicted molar refractivity (Wildman–Crippen MR) is 139 cm³/mol. The van der Waals surface area contributed by atoms with Crippen molar-refractivity contribution in [1.82, 2.24) is 0 Å². The molecule has 2 rings (SSSR count). The fraction of sp³-hybridized carbons (Fsp3) is 0.600. The van der Waals surface area contributed by atoms with E-state index in [2.05, 4.69) is 74.5 Å². The van der Waals surface area contributed by atoms with Crippen molar-refractivity contribution in [2.75, 3.05) is 0 Å². The molecule has 0 amide bonds. The number of hydrogen-bond donors (Lipinski definition) is 0. The maximum atomic E-state index is 11.8. The minimum Gasteiger partial charge on any atom is -0.427 e. The molecule has 0 fully saturated rings. The van der Waals surface area contributed by atoms with Crippen LogP contribution in [-0.4, -0.2) is 11.9 Å². The van der Waals surface area contributed by atoms with Crippen molar-refractivity contribution in [3.8, 4) is 5.75 Å². The zero-order chi connectivity index (χ0) is 26.0. The first-order valence-corrected chi connectivity index (χ1v) is 12.6. The van der Waals surface area contributed by atoms with Gasteiger partial charge in [-0.05, 0) is 78.2 Å². The molecule has 3 unspecified atom stereocenters. The second kappa shape index (κ2) is 10.9. The van der Waals surface area contributed by atoms with Gasteiger partial charge in [0.2, 0.25) is 0 Å². The summed E-state index contributed by atoms with van der Waals surface area (Å²) in [4.78, 5) is 23.6. The lowest BCUT2D eigenvalue weighted by Gasteiger charge is -2.40. The highest BCUT2D eigenvalue weighted by Crippen LogP contribution is 2.49. The van der Waals surface area contributed by atoms with Crippen molar-refractivity contribution in [1.29, 1.82) is 0 Å². The van der Waals surface area contributed by atoms with Gasteiger partial charge in [-0.15, -0.1) is 0 Å². The SMILES string of the molecule is CCCC(c1cc(C(C)(C)C)c(OC(C)=O)cc1C)C1C(C)=CC(OC(C)=O)=C(C(C)C)C1C. The lowest BCUT2D eigenvalue weighted by molar-refractivity contribution is -0.136. The first-order valence-electron chi connectivity index (χ1n) is 12.6. The molecule has 0 N–H and O–H groups in total. The number of carbonyl (C=O) groups is 2. The van der Waals surface area contributed by atoms with Crippen LogP contribution in [0.4, 0.5) is 0 Å². The normalized spacial score (nSPS) is 19.7. The molecule has 0 aromatic heterocycles. The molecule has 0 spiro atoms. The molecule has 1 aromatic rings. The molecular weight excluding hydrogens is 424 g/mol. The number of esters is 2. The van der Waals surface area contributed by atoms with E-state index < -0.39 is 0 Å². The predicted octanol–water partition coefficient (Wildman–Crippen LogP) is 7.79. The van der Waals surface area contributed by atoms with E-state index in [-0.39, 0.29) is 29.2 Å². The van der Waals surface area contributed by atoms with Crippen LogP contribution in [0.25, 0.3) is 0 Å². The van der Waals surface area contributed by atoms with Crippen LogP contribution in [-0.2, 0) is 19.7 Å². The van der Waals surface area contributed by atoms with Gasteiger partial charge in [0, 0.05) is 19.4 Å². The fourth-order valence-corrected chi connectivity index (χ4v) is 5.68. The summed E-state index contributed by atoms with van der Waals surface area (Å²) in [6.07, 6.45) is 4.19. The lowest BCUT2D eigenvalue weighted by Crippen LogP contribution is -2.30. The average Bonchev–Trinajstić information content (AvgIpc) is 2.65. The Kier molecular flexibility index (Phi) is 8.96. The van der Waals surface area contributed by atoms with Crippen LogP contribution in [0.15, 0.2) is 35.1 Å².